The molecule has 1 N–H and O–H groups in total. The first kappa shape index (κ1) is 18.8. The van der Waals surface area contributed by atoms with Crippen LogP contribution in [0.5, 0.6) is 0 Å². The maximum atomic E-state index is 13.0. The van der Waals surface area contributed by atoms with Crippen molar-refractivity contribution >= 4 is 17.2 Å². The van der Waals surface area contributed by atoms with Gasteiger partial charge in [0.15, 0.2) is 0 Å². The quantitative estimate of drug-likeness (QED) is 0.771. The Kier molecular flexibility index (Phi) is 6.22. The summed E-state index contributed by atoms with van der Waals surface area (Å²) in [6, 6.07) is 10.4. The Labute approximate surface area is 158 Å². The van der Waals surface area contributed by atoms with Crippen molar-refractivity contribution in [2.45, 2.75) is 32.7 Å². The first-order chi connectivity index (χ1) is 12.5. The second-order valence-corrected chi connectivity index (χ2v) is 8.08. The summed E-state index contributed by atoms with van der Waals surface area (Å²) in [5, 5.41) is 3.16. The van der Waals surface area contributed by atoms with Crippen LogP contribution >= 0.6 is 11.3 Å². The number of amides is 1. The minimum absolute atomic E-state index is 0.00823. The van der Waals surface area contributed by atoms with E-state index in [1.54, 1.807) is 12.1 Å². The third kappa shape index (κ3) is 5.02. The van der Waals surface area contributed by atoms with Crippen molar-refractivity contribution in [3.8, 4) is 10.4 Å². The summed E-state index contributed by atoms with van der Waals surface area (Å²) in [6.45, 7) is 7.26. The number of rotatable bonds is 5. The topological polar surface area (TPSA) is 32.3 Å². The number of carbonyl (C=O) groups is 1. The first-order valence-electron chi connectivity index (χ1n) is 9.03. The van der Waals surface area contributed by atoms with E-state index in [4.69, 9.17) is 0 Å². The van der Waals surface area contributed by atoms with Crippen molar-refractivity contribution in [1.82, 2.24) is 10.2 Å². The Morgan fingerprint density at radius 3 is 2.54 bits per heavy atom. The predicted octanol–water partition coefficient (Wildman–Crippen LogP) is 4.71. The van der Waals surface area contributed by atoms with E-state index < -0.39 is 0 Å². The molecular weight excluding hydrogens is 347 g/mol. The molecule has 138 valence electrons. The van der Waals surface area contributed by atoms with Crippen molar-refractivity contribution in [1.29, 1.82) is 0 Å². The van der Waals surface area contributed by atoms with E-state index in [0.29, 0.717) is 4.88 Å². The Morgan fingerprint density at radius 2 is 1.88 bits per heavy atom. The second kappa shape index (κ2) is 8.60. The molecule has 1 saturated heterocycles. The number of halogens is 1. The fourth-order valence-electron chi connectivity index (χ4n) is 3.06. The van der Waals surface area contributed by atoms with Gasteiger partial charge >= 0.3 is 0 Å². The number of thiophene rings is 1. The molecule has 0 aliphatic carbocycles. The number of nitrogens with zero attached hydrogens (tertiary/aromatic N) is 1. The Balaban J connectivity index is 1.53. The number of allylic oxidation sites excluding steroid dienone is 1. The van der Waals surface area contributed by atoms with Crippen LogP contribution in [0.25, 0.3) is 10.4 Å². The molecule has 26 heavy (non-hydrogen) atoms. The highest BCUT2D eigenvalue weighted by Gasteiger charge is 2.21. The standard InChI is InChI=1S/C21H25FN2OS/c1-15(2)9-12-24-13-10-18(11-14-24)23-21(25)20-8-7-19(26-20)16-3-5-17(22)6-4-16/h3-9,18H,10-14H2,1-2H3,(H,23,25). The molecule has 2 heterocycles. The van der Waals surface area contributed by atoms with Crippen LogP contribution in [0.1, 0.15) is 36.4 Å². The molecule has 1 aromatic carbocycles. The van der Waals surface area contributed by atoms with Crippen LogP contribution in [0.4, 0.5) is 4.39 Å². The van der Waals surface area contributed by atoms with Gasteiger partial charge in [-0.1, -0.05) is 23.8 Å². The lowest BCUT2D eigenvalue weighted by Gasteiger charge is -2.31. The number of nitrogens with one attached hydrogen (secondary N) is 1. The van der Waals surface area contributed by atoms with Crippen molar-refractivity contribution in [3.05, 3.63) is 58.7 Å². The molecule has 1 aliphatic heterocycles. The molecule has 1 amide bonds. The van der Waals surface area contributed by atoms with Crippen molar-refractivity contribution in [2.75, 3.05) is 19.6 Å². The summed E-state index contributed by atoms with van der Waals surface area (Å²) in [6.07, 6.45) is 4.22. The molecule has 1 aromatic heterocycles. The summed E-state index contributed by atoms with van der Waals surface area (Å²) < 4.78 is 13.0. The van der Waals surface area contributed by atoms with Gasteiger partial charge in [0.1, 0.15) is 5.82 Å². The zero-order valence-electron chi connectivity index (χ0n) is 15.3. The monoisotopic (exact) mass is 372 g/mol. The number of piperidine rings is 1. The molecule has 0 radical (unpaired) electrons. The van der Waals surface area contributed by atoms with Gasteiger partial charge in [-0.2, -0.15) is 0 Å². The van der Waals surface area contributed by atoms with Crippen molar-refractivity contribution in [2.24, 2.45) is 0 Å². The Bertz CT molecular complexity index is 770. The molecule has 0 atom stereocenters. The highest BCUT2D eigenvalue weighted by molar-refractivity contribution is 7.17. The lowest BCUT2D eigenvalue weighted by molar-refractivity contribution is 0.0918. The Hall–Kier alpha value is -1.98. The van der Waals surface area contributed by atoms with E-state index in [9.17, 15) is 9.18 Å². The minimum atomic E-state index is -0.251. The van der Waals surface area contributed by atoms with Gasteiger partial charge in [-0.05, 0) is 56.5 Å². The van der Waals surface area contributed by atoms with E-state index in [0.717, 1.165) is 42.9 Å². The number of carbonyl (C=O) groups excluding carboxylic acids is 1. The number of benzene rings is 1. The van der Waals surface area contributed by atoms with Gasteiger partial charge in [-0.25, -0.2) is 4.39 Å². The van der Waals surface area contributed by atoms with Gasteiger partial charge in [0.2, 0.25) is 0 Å². The van der Waals surface area contributed by atoms with E-state index in [1.807, 2.05) is 12.1 Å². The number of hydrogen-bond donors (Lipinski definition) is 1. The zero-order chi connectivity index (χ0) is 18.5. The maximum absolute atomic E-state index is 13.0. The molecular formula is C21H25FN2OS. The van der Waals surface area contributed by atoms with Crippen LogP contribution < -0.4 is 5.32 Å². The van der Waals surface area contributed by atoms with Gasteiger partial charge in [0.25, 0.3) is 5.91 Å². The highest BCUT2D eigenvalue weighted by atomic mass is 32.1. The molecule has 1 fully saturated rings. The van der Waals surface area contributed by atoms with Crippen LogP contribution in [0.15, 0.2) is 48.0 Å². The fourth-order valence-corrected chi connectivity index (χ4v) is 3.97. The zero-order valence-corrected chi connectivity index (χ0v) is 16.1. The van der Waals surface area contributed by atoms with Crippen LogP contribution in [0.3, 0.4) is 0 Å². The first-order valence-corrected chi connectivity index (χ1v) is 9.85. The highest BCUT2D eigenvalue weighted by Crippen LogP contribution is 2.28. The third-order valence-electron chi connectivity index (χ3n) is 4.64. The van der Waals surface area contributed by atoms with E-state index in [1.165, 1.54) is 29.0 Å². The van der Waals surface area contributed by atoms with Crippen LogP contribution in [-0.4, -0.2) is 36.5 Å². The third-order valence-corrected chi connectivity index (χ3v) is 5.77. The van der Waals surface area contributed by atoms with Crippen molar-refractivity contribution < 1.29 is 9.18 Å². The van der Waals surface area contributed by atoms with Crippen molar-refractivity contribution in [3.63, 3.8) is 0 Å². The maximum Gasteiger partial charge on any atom is 0.261 e. The number of likely N-dealkylation sites (tertiary alicyclic amines) is 1. The van der Waals surface area contributed by atoms with E-state index >= 15 is 0 Å². The molecule has 0 saturated carbocycles. The lowest BCUT2D eigenvalue weighted by atomic mass is 10.0. The summed E-state index contributed by atoms with van der Waals surface area (Å²) in [4.78, 5) is 16.6. The Morgan fingerprint density at radius 1 is 1.19 bits per heavy atom. The van der Waals surface area contributed by atoms with Gasteiger partial charge in [-0.15, -0.1) is 11.3 Å². The lowest BCUT2D eigenvalue weighted by Crippen LogP contribution is -2.44. The molecule has 0 spiro atoms. The molecule has 0 unspecified atom stereocenters. The summed E-state index contributed by atoms with van der Waals surface area (Å²) in [5.41, 5.74) is 2.28. The largest absolute Gasteiger partial charge is 0.349 e. The molecule has 1 aliphatic rings. The fraction of sp³-hybridized carbons (Fsp3) is 0.381. The number of hydrogen-bond acceptors (Lipinski definition) is 3. The van der Waals surface area contributed by atoms with Gasteiger partial charge in [0.05, 0.1) is 4.88 Å². The van der Waals surface area contributed by atoms with Gasteiger partial charge in [0, 0.05) is 30.6 Å². The predicted molar refractivity (Wildman–Crippen MR) is 106 cm³/mol. The summed E-state index contributed by atoms with van der Waals surface area (Å²) >= 11 is 1.45. The van der Waals surface area contributed by atoms with Crippen LogP contribution in [-0.2, 0) is 0 Å². The van der Waals surface area contributed by atoms with Crippen LogP contribution in [0.2, 0.25) is 0 Å². The molecule has 3 rings (SSSR count). The van der Waals surface area contributed by atoms with Gasteiger partial charge in [-0.3, -0.25) is 9.69 Å². The SMILES string of the molecule is CC(C)=CCN1CCC(NC(=O)c2ccc(-c3ccc(F)cc3)s2)CC1. The summed E-state index contributed by atoms with van der Waals surface area (Å²) in [5.74, 6) is -0.259. The average Bonchev–Trinajstić information content (AvgIpc) is 3.12. The molecule has 0 bridgehead atoms. The van der Waals surface area contributed by atoms with E-state index in [2.05, 4.69) is 30.1 Å². The minimum Gasteiger partial charge on any atom is -0.349 e. The molecule has 2 aromatic rings. The molecule has 3 nitrogen and oxygen atoms in total. The van der Waals surface area contributed by atoms with E-state index in [-0.39, 0.29) is 17.8 Å². The normalized spacial score (nSPS) is 15.7. The summed E-state index contributed by atoms with van der Waals surface area (Å²) in [7, 11) is 0. The second-order valence-electron chi connectivity index (χ2n) is 7.00. The smallest absolute Gasteiger partial charge is 0.261 e. The van der Waals surface area contributed by atoms with Crippen LogP contribution in [0, 0.1) is 5.82 Å². The molecule has 5 heteroatoms. The van der Waals surface area contributed by atoms with Gasteiger partial charge < -0.3 is 5.32 Å². The average molecular weight is 373 g/mol.